The van der Waals surface area contributed by atoms with E-state index in [2.05, 4.69) is 33.9 Å². The SMILES string of the molecule is CCC1CCC(C#N)C(Sc2ccc(Br)cn2)C1. The van der Waals surface area contributed by atoms with Gasteiger partial charge in [0.05, 0.1) is 17.0 Å². The van der Waals surface area contributed by atoms with E-state index >= 15 is 0 Å². The summed E-state index contributed by atoms with van der Waals surface area (Å²) in [7, 11) is 0. The highest BCUT2D eigenvalue weighted by atomic mass is 79.9. The average molecular weight is 325 g/mol. The van der Waals surface area contributed by atoms with Crippen molar-refractivity contribution in [2.45, 2.75) is 42.9 Å². The molecule has 1 aromatic heterocycles. The first-order chi connectivity index (χ1) is 8.72. The molecule has 4 heteroatoms. The van der Waals surface area contributed by atoms with Gasteiger partial charge in [0, 0.05) is 15.9 Å². The Morgan fingerprint density at radius 3 is 2.94 bits per heavy atom. The molecule has 1 heterocycles. The predicted octanol–water partition coefficient (Wildman–Crippen LogP) is 4.65. The van der Waals surface area contributed by atoms with Gasteiger partial charge < -0.3 is 0 Å². The van der Waals surface area contributed by atoms with Crippen LogP contribution in [0.25, 0.3) is 0 Å². The number of thioether (sulfide) groups is 1. The van der Waals surface area contributed by atoms with E-state index in [1.165, 1.54) is 12.8 Å². The molecule has 0 N–H and O–H groups in total. The minimum Gasteiger partial charge on any atom is -0.249 e. The second kappa shape index (κ2) is 6.58. The standard InChI is InChI=1S/C14H17BrN2S/c1-2-10-3-4-11(8-16)13(7-10)18-14-6-5-12(15)9-17-14/h5-6,9-11,13H,2-4,7H2,1H3. The molecule has 3 atom stereocenters. The highest BCUT2D eigenvalue weighted by Crippen LogP contribution is 2.40. The Balaban J connectivity index is 2.05. The second-order valence-corrected chi connectivity index (χ2v) is 6.97. The second-order valence-electron chi connectivity index (χ2n) is 4.79. The molecule has 0 bridgehead atoms. The minimum absolute atomic E-state index is 0.184. The number of pyridine rings is 1. The molecular weight excluding hydrogens is 308 g/mol. The van der Waals surface area contributed by atoms with E-state index < -0.39 is 0 Å². The molecule has 1 aliphatic carbocycles. The zero-order valence-electron chi connectivity index (χ0n) is 10.5. The fourth-order valence-corrected chi connectivity index (χ4v) is 3.98. The average Bonchev–Trinajstić information content (AvgIpc) is 2.41. The first kappa shape index (κ1) is 13.9. The van der Waals surface area contributed by atoms with Crippen LogP contribution in [0.15, 0.2) is 27.8 Å². The Bertz CT molecular complexity index is 426. The fraction of sp³-hybridized carbons (Fsp3) is 0.571. The summed E-state index contributed by atoms with van der Waals surface area (Å²) < 4.78 is 0.999. The van der Waals surface area contributed by atoms with E-state index in [9.17, 15) is 5.26 Å². The van der Waals surface area contributed by atoms with Crippen molar-refractivity contribution in [3.63, 3.8) is 0 Å². The van der Waals surface area contributed by atoms with Crippen LogP contribution >= 0.6 is 27.7 Å². The van der Waals surface area contributed by atoms with Gasteiger partial charge in [-0.2, -0.15) is 5.26 Å². The van der Waals surface area contributed by atoms with Crippen molar-refractivity contribution >= 4 is 27.7 Å². The van der Waals surface area contributed by atoms with Gasteiger partial charge in [-0.1, -0.05) is 13.3 Å². The first-order valence-corrected chi connectivity index (χ1v) is 8.08. The molecular formula is C14H17BrN2S. The van der Waals surface area contributed by atoms with Crippen molar-refractivity contribution in [1.29, 1.82) is 5.26 Å². The topological polar surface area (TPSA) is 36.7 Å². The summed E-state index contributed by atoms with van der Waals surface area (Å²) in [5, 5.41) is 10.7. The van der Waals surface area contributed by atoms with Gasteiger partial charge in [-0.25, -0.2) is 4.98 Å². The zero-order chi connectivity index (χ0) is 13.0. The van der Waals surface area contributed by atoms with E-state index in [-0.39, 0.29) is 5.92 Å². The number of halogens is 1. The Morgan fingerprint density at radius 2 is 2.33 bits per heavy atom. The predicted molar refractivity (Wildman–Crippen MR) is 78.3 cm³/mol. The van der Waals surface area contributed by atoms with E-state index in [0.29, 0.717) is 5.25 Å². The molecule has 0 saturated heterocycles. The molecule has 2 nitrogen and oxygen atoms in total. The van der Waals surface area contributed by atoms with Crippen molar-refractivity contribution < 1.29 is 0 Å². The van der Waals surface area contributed by atoms with Crippen LogP contribution in [0.3, 0.4) is 0 Å². The third kappa shape index (κ3) is 3.49. The smallest absolute Gasteiger partial charge is 0.0963 e. The summed E-state index contributed by atoms with van der Waals surface area (Å²) in [6.07, 6.45) is 6.45. The Kier molecular flexibility index (Phi) is 5.08. The lowest BCUT2D eigenvalue weighted by molar-refractivity contribution is 0.317. The van der Waals surface area contributed by atoms with Crippen molar-refractivity contribution in [3.05, 3.63) is 22.8 Å². The lowest BCUT2D eigenvalue weighted by atomic mass is 9.81. The molecule has 0 aromatic carbocycles. The lowest BCUT2D eigenvalue weighted by Gasteiger charge is -2.31. The van der Waals surface area contributed by atoms with Crippen LogP contribution in [0, 0.1) is 23.2 Å². The minimum atomic E-state index is 0.184. The molecule has 3 unspecified atom stereocenters. The van der Waals surface area contributed by atoms with E-state index in [1.54, 1.807) is 11.8 Å². The fourth-order valence-electron chi connectivity index (χ4n) is 2.45. The molecule has 96 valence electrons. The number of nitrogens with zero attached hydrogens (tertiary/aromatic N) is 2. The van der Waals surface area contributed by atoms with Gasteiger partial charge in [0.25, 0.3) is 0 Å². The van der Waals surface area contributed by atoms with Crippen LogP contribution in [-0.2, 0) is 0 Å². The maximum atomic E-state index is 9.25. The number of nitriles is 1. The number of aromatic nitrogens is 1. The lowest BCUT2D eigenvalue weighted by Crippen LogP contribution is -2.26. The molecule has 0 spiro atoms. The van der Waals surface area contributed by atoms with Crippen molar-refractivity contribution in [3.8, 4) is 6.07 Å². The summed E-state index contributed by atoms with van der Waals surface area (Å²) in [6.45, 7) is 2.25. The summed E-state index contributed by atoms with van der Waals surface area (Å²) in [6, 6.07) is 6.51. The molecule has 1 fully saturated rings. The summed E-state index contributed by atoms with van der Waals surface area (Å²) in [5.74, 6) is 0.964. The van der Waals surface area contributed by atoms with Gasteiger partial charge in [-0.3, -0.25) is 0 Å². The Hall–Kier alpha value is -0.530. The molecule has 1 aliphatic rings. The number of rotatable bonds is 3. The maximum Gasteiger partial charge on any atom is 0.0963 e. The third-order valence-corrected chi connectivity index (χ3v) is 5.39. The van der Waals surface area contributed by atoms with Gasteiger partial charge in [-0.05, 0) is 53.2 Å². The summed E-state index contributed by atoms with van der Waals surface area (Å²) in [5.41, 5.74) is 0. The monoisotopic (exact) mass is 324 g/mol. The quantitative estimate of drug-likeness (QED) is 0.811. The molecule has 2 rings (SSSR count). The van der Waals surface area contributed by atoms with Gasteiger partial charge in [0.15, 0.2) is 0 Å². The molecule has 0 radical (unpaired) electrons. The van der Waals surface area contributed by atoms with Crippen molar-refractivity contribution in [2.75, 3.05) is 0 Å². The summed E-state index contributed by atoms with van der Waals surface area (Å²) in [4.78, 5) is 4.40. The zero-order valence-corrected chi connectivity index (χ0v) is 12.9. The van der Waals surface area contributed by atoms with Gasteiger partial charge >= 0.3 is 0 Å². The van der Waals surface area contributed by atoms with E-state index in [0.717, 1.165) is 28.3 Å². The van der Waals surface area contributed by atoms with Crippen molar-refractivity contribution in [2.24, 2.45) is 11.8 Å². The van der Waals surface area contributed by atoms with Gasteiger partial charge in [0.1, 0.15) is 0 Å². The largest absolute Gasteiger partial charge is 0.249 e. The van der Waals surface area contributed by atoms with Gasteiger partial charge in [0.2, 0.25) is 0 Å². The molecule has 18 heavy (non-hydrogen) atoms. The first-order valence-electron chi connectivity index (χ1n) is 6.40. The van der Waals surface area contributed by atoms with Crippen molar-refractivity contribution in [1.82, 2.24) is 4.98 Å². The van der Waals surface area contributed by atoms with Crippen LogP contribution in [0.4, 0.5) is 0 Å². The normalized spacial score (nSPS) is 27.7. The van der Waals surface area contributed by atoms with Crippen LogP contribution in [0.2, 0.25) is 0 Å². The third-order valence-electron chi connectivity index (χ3n) is 3.62. The summed E-state index contributed by atoms with van der Waals surface area (Å²) >= 11 is 5.16. The van der Waals surface area contributed by atoms with Crippen LogP contribution in [-0.4, -0.2) is 10.2 Å². The molecule has 1 saturated carbocycles. The number of hydrogen-bond donors (Lipinski definition) is 0. The Labute approximate surface area is 121 Å². The highest BCUT2D eigenvalue weighted by Gasteiger charge is 2.30. The Morgan fingerprint density at radius 1 is 1.50 bits per heavy atom. The molecule has 1 aromatic rings. The maximum absolute atomic E-state index is 9.25. The van der Waals surface area contributed by atoms with E-state index in [1.807, 2.05) is 18.3 Å². The number of hydrogen-bond acceptors (Lipinski definition) is 3. The van der Waals surface area contributed by atoms with Crippen LogP contribution in [0.5, 0.6) is 0 Å². The van der Waals surface area contributed by atoms with Crippen LogP contribution in [0.1, 0.15) is 32.6 Å². The highest BCUT2D eigenvalue weighted by molar-refractivity contribution is 9.10. The van der Waals surface area contributed by atoms with Crippen LogP contribution < -0.4 is 0 Å². The van der Waals surface area contributed by atoms with Gasteiger partial charge in [-0.15, -0.1) is 11.8 Å². The molecule has 0 aliphatic heterocycles. The van der Waals surface area contributed by atoms with E-state index in [4.69, 9.17) is 0 Å². The molecule has 0 amide bonds.